The van der Waals surface area contributed by atoms with Crippen LogP contribution >= 0.6 is 11.6 Å². The quantitative estimate of drug-likeness (QED) is 0.834. The van der Waals surface area contributed by atoms with Crippen LogP contribution in [0.3, 0.4) is 0 Å². The fraction of sp³-hybridized carbons (Fsp3) is 0.222. The fourth-order valence-electron chi connectivity index (χ4n) is 0.950. The lowest BCUT2D eigenvalue weighted by atomic mass is 10.2. The minimum absolute atomic E-state index is 0.0860. The summed E-state index contributed by atoms with van der Waals surface area (Å²) in [4.78, 5) is 10.6. The summed E-state index contributed by atoms with van der Waals surface area (Å²) in [6.07, 6.45) is 0.565. The molecule has 1 rings (SSSR count). The van der Waals surface area contributed by atoms with Crippen molar-refractivity contribution in [2.45, 2.75) is 0 Å². The van der Waals surface area contributed by atoms with Gasteiger partial charge in [0.25, 0.3) is 0 Å². The lowest BCUT2D eigenvalue weighted by Gasteiger charge is -2.14. The third-order valence-corrected chi connectivity index (χ3v) is 3.74. The maximum atomic E-state index is 11.5. The summed E-state index contributed by atoms with van der Waals surface area (Å²) in [5.41, 5.74) is 0.417. The van der Waals surface area contributed by atoms with Gasteiger partial charge in [-0.1, -0.05) is 23.7 Å². The number of nitrogens with one attached hydrogen (secondary N) is 1. The van der Waals surface area contributed by atoms with Gasteiger partial charge in [-0.25, -0.2) is 0 Å². The zero-order chi connectivity index (χ0) is 12.3. The number of halogens is 1. The molecule has 0 fully saturated rings. The second-order valence-corrected chi connectivity index (χ2v) is 5.48. The average molecular weight is 263 g/mol. The summed E-state index contributed by atoms with van der Waals surface area (Å²) < 4.78 is 26.3. The highest BCUT2D eigenvalue weighted by Gasteiger charge is 2.15. The Bertz CT molecular complexity index is 499. The highest BCUT2D eigenvalue weighted by Crippen LogP contribution is 2.25. The van der Waals surface area contributed by atoms with Gasteiger partial charge in [0.1, 0.15) is 0 Å². The number of nitrogens with zero attached hydrogens (tertiary/aromatic N) is 1. The highest BCUT2D eigenvalue weighted by atomic mass is 35.5. The first-order valence-corrected chi connectivity index (χ1v) is 6.14. The van der Waals surface area contributed by atoms with Crippen LogP contribution in [0.2, 0.25) is 5.02 Å². The molecule has 0 saturated heterocycles. The Morgan fingerprint density at radius 1 is 1.38 bits per heavy atom. The summed E-state index contributed by atoms with van der Waals surface area (Å²) in [6, 6.07) is 4.53. The molecule has 0 amide bonds. The van der Waals surface area contributed by atoms with Gasteiger partial charge in [0.15, 0.2) is 6.29 Å². The first-order valence-electron chi connectivity index (χ1n) is 4.32. The lowest BCUT2D eigenvalue weighted by Crippen LogP contribution is -2.29. The van der Waals surface area contributed by atoms with E-state index < -0.39 is 10.2 Å². The van der Waals surface area contributed by atoms with Crippen molar-refractivity contribution in [2.75, 3.05) is 18.8 Å². The average Bonchev–Trinajstić information content (AvgIpc) is 2.20. The van der Waals surface area contributed by atoms with Gasteiger partial charge >= 0.3 is 10.2 Å². The van der Waals surface area contributed by atoms with Crippen molar-refractivity contribution in [3.05, 3.63) is 28.8 Å². The summed E-state index contributed by atoms with van der Waals surface area (Å²) in [7, 11) is -0.838. The third-order valence-electron chi connectivity index (χ3n) is 1.88. The Hall–Kier alpha value is -1.11. The van der Waals surface area contributed by atoms with Gasteiger partial charge in [0.05, 0.1) is 10.7 Å². The lowest BCUT2D eigenvalue weighted by molar-refractivity contribution is 0.112. The van der Waals surface area contributed by atoms with E-state index in [1.54, 1.807) is 6.07 Å². The van der Waals surface area contributed by atoms with Gasteiger partial charge in [0.2, 0.25) is 0 Å². The van der Waals surface area contributed by atoms with E-state index in [0.29, 0.717) is 6.29 Å². The van der Waals surface area contributed by atoms with Crippen molar-refractivity contribution in [3.8, 4) is 0 Å². The molecule has 0 aliphatic rings. The van der Waals surface area contributed by atoms with Crippen LogP contribution < -0.4 is 4.72 Å². The maximum absolute atomic E-state index is 11.5. The molecular formula is C9H11ClN2O3S. The molecule has 0 spiro atoms. The SMILES string of the molecule is CN(C)S(=O)(=O)Nc1cccc(C=O)c1Cl. The van der Waals surface area contributed by atoms with E-state index in [0.717, 1.165) is 4.31 Å². The van der Waals surface area contributed by atoms with Crippen LogP contribution in [0, 0.1) is 0 Å². The first kappa shape index (κ1) is 13.0. The molecule has 0 aliphatic heterocycles. The Morgan fingerprint density at radius 3 is 2.50 bits per heavy atom. The maximum Gasteiger partial charge on any atom is 0.301 e. The zero-order valence-corrected chi connectivity index (χ0v) is 10.3. The van der Waals surface area contributed by atoms with Crippen LogP contribution in [0.1, 0.15) is 10.4 Å². The summed E-state index contributed by atoms with van der Waals surface area (Å²) in [6.45, 7) is 0. The molecule has 0 atom stereocenters. The number of aldehydes is 1. The van der Waals surface area contributed by atoms with Gasteiger partial charge in [-0.15, -0.1) is 0 Å². The van der Waals surface area contributed by atoms with Crippen molar-refractivity contribution in [1.82, 2.24) is 4.31 Å². The van der Waals surface area contributed by atoms with E-state index in [4.69, 9.17) is 11.6 Å². The van der Waals surface area contributed by atoms with Crippen LogP contribution in [-0.4, -0.2) is 33.1 Å². The Balaban J connectivity index is 3.13. The van der Waals surface area contributed by atoms with Crippen molar-refractivity contribution in [1.29, 1.82) is 0 Å². The van der Waals surface area contributed by atoms with Gasteiger partial charge in [-0.3, -0.25) is 9.52 Å². The van der Waals surface area contributed by atoms with Gasteiger partial charge < -0.3 is 0 Å². The predicted octanol–water partition coefficient (Wildman–Crippen LogP) is 1.37. The van der Waals surface area contributed by atoms with Crippen LogP contribution in [0.15, 0.2) is 18.2 Å². The van der Waals surface area contributed by atoms with Gasteiger partial charge in [-0.05, 0) is 6.07 Å². The molecule has 7 heteroatoms. The summed E-state index contributed by atoms with van der Waals surface area (Å²) in [5, 5.41) is 0.0860. The number of carbonyl (C=O) groups is 1. The number of carbonyl (C=O) groups excluding carboxylic acids is 1. The van der Waals surface area contributed by atoms with E-state index >= 15 is 0 Å². The summed E-state index contributed by atoms with van der Waals surface area (Å²) >= 11 is 5.84. The molecule has 0 bridgehead atoms. The van der Waals surface area contributed by atoms with E-state index in [-0.39, 0.29) is 16.3 Å². The molecule has 0 aliphatic carbocycles. The fourth-order valence-corrected chi connectivity index (χ4v) is 1.85. The monoisotopic (exact) mass is 262 g/mol. The predicted molar refractivity (Wildman–Crippen MR) is 63.1 cm³/mol. The Kier molecular flexibility index (Phi) is 3.90. The molecule has 0 radical (unpaired) electrons. The van der Waals surface area contributed by atoms with Crippen LogP contribution in [0.25, 0.3) is 0 Å². The Labute approximate surface area is 99.2 Å². The van der Waals surface area contributed by atoms with E-state index in [1.165, 1.54) is 26.2 Å². The molecule has 88 valence electrons. The van der Waals surface area contributed by atoms with Crippen molar-refractivity contribution in [2.24, 2.45) is 0 Å². The molecule has 0 aromatic heterocycles. The molecule has 0 unspecified atom stereocenters. The molecule has 1 N–H and O–H groups in total. The van der Waals surface area contributed by atoms with Crippen LogP contribution in [0.4, 0.5) is 5.69 Å². The smallest absolute Gasteiger partial charge is 0.298 e. The number of hydrogen-bond acceptors (Lipinski definition) is 3. The second-order valence-electron chi connectivity index (χ2n) is 3.22. The van der Waals surface area contributed by atoms with Crippen molar-refractivity contribution in [3.63, 3.8) is 0 Å². The van der Waals surface area contributed by atoms with Crippen LogP contribution in [-0.2, 0) is 10.2 Å². The number of hydrogen-bond donors (Lipinski definition) is 1. The zero-order valence-electron chi connectivity index (χ0n) is 8.77. The molecule has 5 nitrogen and oxygen atoms in total. The third kappa shape index (κ3) is 2.72. The first-order chi connectivity index (χ1) is 7.38. The van der Waals surface area contributed by atoms with Gasteiger partial charge in [0, 0.05) is 19.7 Å². The number of anilines is 1. The van der Waals surface area contributed by atoms with E-state index in [9.17, 15) is 13.2 Å². The minimum Gasteiger partial charge on any atom is -0.298 e. The van der Waals surface area contributed by atoms with Crippen molar-refractivity contribution < 1.29 is 13.2 Å². The molecule has 1 aromatic rings. The summed E-state index contributed by atoms with van der Waals surface area (Å²) in [5.74, 6) is 0. The normalized spacial score (nSPS) is 11.5. The second kappa shape index (κ2) is 4.82. The highest BCUT2D eigenvalue weighted by molar-refractivity contribution is 7.90. The molecule has 1 aromatic carbocycles. The molecule has 0 heterocycles. The molecule has 0 saturated carbocycles. The largest absolute Gasteiger partial charge is 0.301 e. The molecular weight excluding hydrogens is 252 g/mol. The standard InChI is InChI=1S/C9H11ClN2O3S/c1-12(2)16(14,15)11-8-5-3-4-7(6-13)9(8)10/h3-6,11H,1-2H3. The Morgan fingerprint density at radius 2 is 2.00 bits per heavy atom. The van der Waals surface area contributed by atoms with Crippen LogP contribution in [0.5, 0.6) is 0 Å². The topological polar surface area (TPSA) is 66.5 Å². The van der Waals surface area contributed by atoms with E-state index in [2.05, 4.69) is 4.72 Å². The number of rotatable bonds is 4. The minimum atomic E-state index is -3.62. The van der Waals surface area contributed by atoms with E-state index in [1.807, 2.05) is 0 Å². The van der Waals surface area contributed by atoms with Crippen molar-refractivity contribution >= 4 is 33.8 Å². The number of benzene rings is 1. The molecule has 16 heavy (non-hydrogen) atoms. The van der Waals surface area contributed by atoms with Gasteiger partial charge in [-0.2, -0.15) is 12.7 Å².